The van der Waals surface area contributed by atoms with Crippen molar-refractivity contribution in [1.82, 2.24) is 10.6 Å². The molecule has 6 nitrogen and oxygen atoms in total. The van der Waals surface area contributed by atoms with Gasteiger partial charge in [0, 0.05) is 26.2 Å². The first-order valence-electron chi connectivity index (χ1n) is 6.72. The van der Waals surface area contributed by atoms with Crippen molar-refractivity contribution in [3.63, 3.8) is 0 Å². The van der Waals surface area contributed by atoms with Gasteiger partial charge >= 0.3 is 49.4 Å². The Hall–Kier alpha value is 1.92. The van der Waals surface area contributed by atoms with E-state index in [0.717, 1.165) is 26.2 Å². The van der Waals surface area contributed by atoms with Crippen LogP contribution in [-0.4, -0.2) is 79.0 Å². The number of rotatable bonds is 0. The molecule has 1 aliphatic rings. The van der Waals surface area contributed by atoms with E-state index >= 15 is 0 Å². The van der Waals surface area contributed by atoms with Crippen molar-refractivity contribution < 1.29 is 93.1 Å². The predicted molar refractivity (Wildman–Crippen MR) is 69.0 cm³/mol. The molecule has 1 heterocycles. The minimum absolute atomic E-state index is 0. The summed E-state index contributed by atoms with van der Waals surface area (Å²) >= 11 is 0. The van der Waals surface area contributed by atoms with Crippen LogP contribution in [0.4, 0.5) is 0 Å². The third-order valence-corrected chi connectivity index (χ3v) is 2.44. The third-order valence-electron chi connectivity index (χ3n) is 2.44. The molecule has 0 spiro atoms. The smallest absolute Gasteiger partial charge is 1.00 e. The minimum atomic E-state index is 0. The second-order valence-corrected chi connectivity index (χ2v) is 3.95. The Balaban J connectivity index is -0.00000108. The van der Waals surface area contributed by atoms with Crippen molar-refractivity contribution in [1.29, 1.82) is 0 Å². The van der Waals surface area contributed by atoms with Crippen LogP contribution in [0.15, 0.2) is 0 Å². The van der Waals surface area contributed by atoms with E-state index in [0.29, 0.717) is 52.9 Å². The maximum Gasteiger partial charge on any atom is 2.00 e. The molecule has 1 saturated heterocycles. The zero-order chi connectivity index (χ0) is 12.7. The van der Waals surface area contributed by atoms with Gasteiger partial charge in [-0.25, -0.2) is 0 Å². The van der Waals surface area contributed by atoms with Gasteiger partial charge < -0.3 is 54.4 Å². The molecule has 129 valence electrons. The summed E-state index contributed by atoms with van der Waals surface area (Å²) in [5.41, 5.74) is 0. The van der Waals surface area contributed by atoms with Gasteiger partial charge in [0.1, 0.15) is 0 Å². The van der Waals surface area contributed by atoms with Gasteiger partial charge in [0.05, 0.1) is 52.9 Å². The third kappa shape index (κ3) is 21.9. The fourth-order valence-corrected chi connectivity index (χ4v) is 1.47. The van der Waals surface area contributed by atoms with Crippen LogP contribution in [0.5, 0.6) is 0 Å². The first-order valence-corrected chi connectivity index (χ1v) is 6.72. The average Bonchev–Trinajstić information content (AvgIpc) is 2.39. The van der Waals surface area contributed by atoms with Crippen molar-refractivity contribution in [2.24, 2.45) is 0 Å². The number of hydrogen-bond donors (Lipinski definition) is 2. The zero-order valence-corrected chi connectivity index (χ0v) is 16.2. The number of nitrogens with one attached hydrogen (secondary N) is 2. The van der Waals surface area contributed by atoms with Gasteiger partial charge in [-0.1, -0.05) is 0 Å². The van der Waals surface area contributed by atoms with Crippen molar-refractivity contribution in [3.8, 4) is 0 Å². The number of ether oxygens (including phenoxy) is 4. The molecule has 2 N–H and O–H groups in total. The van der Waals surface area contributed by atoms with E-state index in [1.807, 2.05) is 0 Å². The van der Waals surface area contributed by atoms with Crippen LogP contribution >= 0.6 is 0 Å². The second-order valence-electron chi connectivity index (χ2n) is 3.95. The van der Waals surface area contributed by atoms with Gasteiger partial charge in [0.25, 0.3) is 0 Å². The van der Waals surface area contributed by atoms with Crippen molar-refractivity contribution >= 4 is 0 Å². The Morgan fingerprint density at radius 3 is 0.905 bits per heavy atom. The molecular weight excluding hydrogens is 459 g/mol. The molecule has 0 bridgehead atoms. The van der Waals surface area contributed by atoms with Crippen LogP contribution in [0.1, 0.15) is 0 Å². The average molecular weight is 485 g/mol. The fourth-order valence-electron chi connectivity index (χ4n) is 1.47. The van der Waals surface area contributed by atoms with E-state index in [-0.39, 0.29) is 74.2 Å². The molecular formula is C12H26Cl2EuN2O4. The molecule has 1 radical (unpaired) electrons. The Kier molecular flexibility index (Phi) is 32.0. The van der Waals surface area contributed by atoms with E-state index in [1.54, 1.807) is 0 Å². The summed E-state index contributed by atoms with van der Waals surface area (Å²) in [6, 6.07) is 0. The molecule has 1 fully saturated rings. The molecule has 1 rings (SSSR count). The van der Waals surface area contributed by atoms with Crippen LogP contribution in [0.3, 0.4) is 0 Å². The Morgan fingerprint density at radius 1 is 0.429 bits per heavy atom. The molecule has 21 heavy (non-hydrogen) atoms. The zero-order valence-electron chi connectivity index (χ0n) is 12.3. The normalized spacial score (nSPS) is 20.6. The summed E-state index contributed by atoms with van der Waals surface area (Å²) in [6.07, 6.45) is 0. The van der Waals surface area contributed by atoms with E-state index in [9.17, 15) is 0 Å². The van der Waals surface area contributed by atoms with Crippen molar-refractivity contribution in [2.45, 2.75) is 0 Å². The van der Waals surface area contributed by atoms with Crippen molar-refractivity contribution in [3.05, 3.63) is 0 Å². The van der Waals surface area contributed by atoms with Crippen LogP contribution < -0.4 is 35.4 Å². The Morgan fingerprint density at radius 2 is 0.667 bits per heavy atom. The van der Waals surface area contributed by atoms with Gasteiger partial charge in [-0.2, -0.15) is 0 Å². The van der Waals surface area contributed by atoms with E-state index in [1.165, 1.54) is 0 Å². The van der Waals surface area contributed by atoms with Gasteiger partial charge in [-0.3, -0.25) is 0 Å². The SMILES string of the molecule is C1COCCOCCNCCOCCOCCN1.[Cl-].[Cl-].[Eu+2]. The summed E-state index contributed by atoms with van der Waals surface area (Å²) in [5, 5.41) is 6.50. The molecule has 0 aromatic carbocycles. The largest absolute Gasteiger partial charge is 2.00 e. The van der Waals surface area contributed by atoms with Crippen LogP contribution in [0.2, 0.25) is 0 Å². The topological polar surface area (TPSA) is 61.0 Å². The summed E-state index contributed by atoms with van der Waals surface area (Å²) in [5.74, 6) is 0. The van der Waals surface area contributed by atoms with E-state index < -0.39 is 0 Å². The molecule has 0 aromatic rings. The maximum atomic E-state index is 5.41. The monoisotopic (exact) mass is 485 g/mol. The first kappa shape index (κ1) is 27.8. The molecule has 0 unspecified atom stereocenters. The molecule has 9 heteroatoms. The minimum Gasteiger partial charge on any atom is -1.00 e. The van der Waals surface area contributed by atoms with E-state index in [4.69, 9.17) is 18.9 Å². The Bertz CT molecular complexity index is 112. The van der Waals surface area contributed by atoms with Crippen molar-refractivity contribution in [2.75, 3.05) is 79.0 Å². The second kappa shape index (κ2) is 24.2. The van der Waals surface area contributed by atoms with Gasteiger partial charge in [-0.15, -0.1) is 0 Å². The summed E-state index contributed by atoms with van der Waals surface area (Å²) in [7, 11) is 0. The van der Waals surface area contributed by atoms with E-state index in [2.05, 4.69) is 10.6 Å². The molecule has 0 atom stereocenters. The Labute approximate surface area is 181 Å². The van der Waals surface area contributed by atoms with Gasteiger partial charge in [0.15, 0.2) is 0 Å². The molecule has 0 aromatic heterocycles. The summed E-state index contributed by atoms with van der Waals surface area (Å²) in [6.45, 7) is 8.86. The molecule has 0 amide bonds. The number of halogens is 2. The maximum absolute atomic E-state index is 5.41. The first-order chi connectivity index (χ1) is 9.00. The standard InChI is InChI=1S/C12H26N2O4.2ClH.Eu/c1-5-15-9-10-17-7-3-14-4-8-18-12-11-16-6-2-13-1;;;/h13-14H,1-12H2;2*1H;/q;;;+2/p-2. The quantitative estimate of drug-likeness (QED) is 0.356. The molecule has 0 saturated carbocycles. The van der Waals surface area contributed by atoms with Gasteiger partial charge in [-0.05, 0) is 0 Å². The summed E-state index contributed by atoms with van der Waals surface area (Å²) in [4.78, 5) is 0. The fraction of sp³-hybridized carbons (Fsp3) is 1.00. The van der Waals surface area contributed by atoms with Crippen LogP contribution in [0.25, 0.3) is 0 Å². The molecule has 1 aliphatic heterocycles. The van der Waals surface area contributed by atoms with Crippen LogP contribution in [0, 0.1) is 49.4 Å². The van der Waals surface area contributed by atoms with Crippen LogP contribution in [-0.2, 0) is 18.9 Å². The van der Waals surface area contributed by atoms with Gasteiger partial charge in [0.2, 0.25) is 0 Å². The predicted octanol–water partition coefficient (Wildman–Crippen LogP) is -6.75. The number of hydrogen-bond acceptors (Lipinski definition) is 6. The molecule has 0 aliphatic carbocycles. The summed E-state index contributed by atoms with van der Waals surface area (Å²) < 4.78 is 21.6.